The number of hydrogen-bond acceptors (Lipinski definition) is 18. The van der Waals surface area contributed by atoms with Crippen molar-refractivity contribution in [3.05, 3.63) is 296 Å². The molecule has 0 atom stereocenters. The van der Waals surface area contributed by atoms with E-state index in [1.165, 1.54) is 0 Å². The van der Waals surface area contributed by atoms with E-state index >= 15 is 0 Å². The molecule has 6 aliphatic heterocycles. The van der Waals surface area contributed by atoms with E-state index in [1.54, 1.807) is 108 Å². The summed E-state index contributed by atoms with van der Waals surface area (Å²) in [6, 6.07) is 49.1. The van der Waals surface area contributed by atoms with Gasteiger partial charge in [-0.05, 0) is 206 Å². The summed E-state index contributed by atoms with van der Waals surface area (Å²) in [5.41, 5.74) is 18.7. The van der Waals surface area contributed by atoms with Crippen LogP contribution in [0.4, 0.5) is 46.0 Å². The van der Waals surface area contributed by atoms with Gasteiger partial charge in [0.15, 0.2) is 0 Å². The molecule has 0 spiro atoms. The minimum Gasteiger partial charge on any atom is -0.496 e. The second kappa shape index (κ2) is 36.4. The van der Waals surface area contributed by atoms with E-state index in [4.69, 9.17) is 42.1 Å². The van der Waals surface area contributed by atoms with E-state index in [0.717, 1.165) is 78.6 Å². The van der Waals surface area contributed by atoms with Crippen molar-refractivity contribution in [2.45, 2.75) is 13.8 Å². The Balaban J connectivity index is 0.000000123. The Morgan fingerprint density at radius 3 is 1.04 bits per heavy atom. The molecule has 0 radical (unpaired) electrons. The average Bonchev–Trinajstić information content (AvgIpc) is 1.63. The zero-order valence-corrected chi connectivity index (χ0v) is 67.0. The highest BCUT2D eigenvalue weighted by Gasteiger charge is 2.32. The fraction of sp³-hybridized carbons (Fsp3) is 0.111. The van der Waals surface area contributed by atoms with E-state index in [1.807, 2.05) is 216 Å². The van der Waals surface area contributed by atoms with E-state index in [0.29, 0.717) is 112 Å². The van der Waals surface area contributed by atoms with Gasteiger partial charge in [-0.3, -0.25) is 38.7 Å². The zero-order valence-electron chi connectivity index (χ0n) is 65.5. The summed E-state index contributed by atoms with van der Waals surface area (Å²) < 4.78 is 21.5. The van der Waals surface area contributed by atoms with Crippen LogP contribution in [0, 0.1) is 13.8 Å². The highest BCUT2D eigenvalue weighted by molar-refractivity contribution is 6.43. The Morgan fingerprint density at radius 2 is 0.653 bits per heavy atom. The van der Waals surface area contributed by atoms with Crippen LogP contribution >= 0.6 is 23.2 Å². The van der Waals surface area contributed by atoms with Crippen LogP contribution in [0.15, 0.2) is 207 Å². The number of rotatable bonds is 12. The van der Waals surface area contributed by atoms with Gasteiger partial charge in [-0.25, -0.2) is 19.9 Å². The second-order valence-corrected chi connectivity index (χ2v) is 27.8. The van der Waals surface area contributed by atoms with Crippen molar-refractivity contribution in [1.29, 1.82) is 0 Å². The monoisotopic (exact) mass is 1610 g/mol. The van der Waals surface area contributed by atoms with Crippen LogP contribution in [0.25, 0.3) is 69.9 Å². The maximum atomic E-state index is 12.2. The molecule has 26 nitrogen and oxygen atoms in total. The van der Waals surface area contributed by atoms with Gasteiger partial charge in [0.1, 0.15) is 46.3 Å². The number of carbonyl (C=O) groups is 6. The molecule has 8 N–H and O–H groups in total. The number of benzene rings is 4. The molecular weight excluding hydrogens is 1540 g/mol. The molecule has 4 aromatic carbocycles. The molecule has 8 aromatic heterocycles. The number of H-pyrrole nitrogens is 2. The van der Waals surface area contributed by atoms with Gasteiger partial charge < -0.3 is 70.6 Å². The van der Waals surface area contributed by atoms with Crippen LogP contribution in [0.5, 0.6) is 23.0 Å². The first-order valence-corrected chi connectivity index (χ1v) is 37.4. The standard InChI is InChI=1S/C17H15ClN2O3.C17H16N2O3.C16H14ClN3O.C16H15N3O.2C12H9N3O/c1-9-13(22-2)7-10(8-14(9)23-3)6-11-15-12(18)4-5-19-16(15)20-17(11)21;1-10-14(21-2)8-11(9-15(10)22-3)7-12-16-13(19-17(12)20)5-4-6-18-16;1-20(2)11-5-3-10(4-6-11)9-12-14-13(17)7-8-18-15(14)19-16(12)21;1-19(2)12-7-5-11(6-8-12)10-14-13-4-3-9-17-15(13)18-16(14)20;16-12-9(7-8-3-1-5-13-8)11-10(15-12)4-2-6-14-11;16-12-10(7-8-3-1-5-13-8)9-4-2-6-14-11(9)15-12/h4-8H,1-3H3,(H,19,20,21);4-9H,1-3H3,(H,19,20);3-9H,1-2H3,(H,18,19,21);3-10H,1-2H3,(H,17,18,20);1-7,13H,(H,15,16);1-7,13H,(H,14,15,16)/b;;;;9-7-;10-7-. The SMILES string of the molecule is CN(C)c1ccc(C=C2C(=O)Nc3nccc(Cl)c32)cc1.CN(C)c1ccc(C=C2C(=O)Nc3ncccc32)cc1.COc1cc(C=C2C(=O)Nc3cccnc32)cc(OC)c1C.COc1cc(C=C2C(=O)Nc3nccc(Cl)c32)cc(OC)c1C.O=C1Nc2cccnc2/C1=C/c1ccc[nH]1.O=C1Nc2ncccc2/C1=C/c1ccc[nH]1. The number of ether oxygens (including phenoxy) is 4. The smallest absolute Gasteiger partial charge is 0.258 e. The summed E-state index contributed by atoms with van der Waals surface area (Å²) in [4.78, 5) is 107. The van der Waals surface area contributed by atoms with Crippen molar-refractivity contribution in [2.75, 3.05) is 98.3 Å². The molecule has 28 heteroatoms. The lowest BCUT2D eigenvalue weighted by Gasteiger charge is -2.12. The predicted octanol–water partition coefficient (Wildman–Crippen LogP) is 16.2. The van der Waals surface area contributed by atoms with Gasteiger partial charge in [0, 0.05) is 134 Å². The van der Waals surface area contributed by atoms with Gasteiger partial charge in [0.25, 0.3) is 35.4 Å². The third-order valence-corrected chi connectivity index (χ3v) is 19.6. The summed E-state index contributed by atoms with van der Waals surface area (Å²) in [5, 5.41) is 17.5. The molecule has 12 aromatic rings. The Kier molecular flexibility index (Phi) is 25.0. The molecule has 592 valence electrons. The highest BCUT2D eigenvalue weighted by atomic mass is 35.5. The molecule has 14 heterocycles. The number of methoxy groups -OCH3 is 4. The molecule has 0 saturated heterocycles. The number of pyridine rings is 6. The molecule has 6 amide bonds. The number of nitrogens with zero attached hydrogens (tertiary/aromatic N) is 8. The molecule has 0 bridgehead atoms. The van der Waals surface area contributed by atoms with Gasteiger partial charge >= 0.3 is 0 Å². The average molecular weight is 1610 g/mol. The van der Waals surface area contributed by atoms with Crippen molar-refractivity contribution >= 4 is 175 Å². The van der Waals surface area contributed by atoms with Crippen molar-refractivity contribution in [2.24, 2.45) is 0 Å². The maximum Gasteiger partial charge on any atom is 0.258 e. The summed E-state index contributed by atoms with van der Waals surface area (Å²) in [5.74, 6) is 4.16. The molecule has 0 aliphatic carbocycles. The largest absolute Gasteiger partial charge is 0.496 e. The Morgan fingerprint density at radius 1 is 0.331 bits per heavy atom. The maximum absolute atomic E-state index is 12.2. The second-order valence-electron chi connectivity index (χ2n) is 27.0. The normalized spacial score (nSPS) is 15.2. The van der Waals surface area contributed by atoms with Crippen LogP contribution in [0.2, 0.25) is 10.0 Å². The van der Waals surface area contributed by atoms with Crippen molar-refractivity contribution in [3.8, 4) is 23.0 Å². The van der Waals surface area contributed by atoms with Crippen LogP contribution < -0.4 is 60.6 Å². The summed E-state index contributed by atoms with van der Waals surface area (Å²) in [6.45, 7) is 3.83. The quantitative estimate of drug-likeness (QED) is 0.0527. The number of aromatic nitrogens is 8. The molecule has 0 fully saturated rings. The van der Waals surface area contributed by atoms with Crippen molar-refractivity contribution in [1.82, 2.24) is 39.9 Å². The van der Waals surface area contributed by atoms with Gasteiger partial charge in [0.2, 0.25) is 0 Å². The molecule has 118 heavy (non-hydrogen) atoms. The Bertz CT molecular complexity index is 5920. The van der Waals surface area contributed by atoms with E-state index in [9.17, 15) is 28.8 Å². The molecule has 6 aliphatic rings. The van der Waals surface area contributed by atoms with Crippen LogP contribution in [-0.2, 0) is 28.8 Å². The van der Waals surface area contributed by atoms with E-state index in [-0.39, 0.29) is 35.4 Å². The lowest BCUT2D eigenvalue weighted by Crippen LogP contribution is -2.08. The number of aromatic amines is 2. The number of nitrogens with one attached hydrogen (secondary N) is 8. The number of halogens is 2. The third-order valence-electron chi connectivity index (χ3n) is 19.0. The first-order chi connectivity index (χ1) is 57.1. The Labute approximate surface area is 689 Å². The zero-order chi connectivity index (χ0) is 83.3. The van der Waals surface area contributed by atoms with Crippen LogP contribution in [-0.4, -0.2) is 132 Å². The Hall–Kier alpha value is -15.0. The minimum atomic E-state index is -0.237. The number of carbonyl (C=O) groups excluding carboxylic acids is 6. The lowest BCUT2D eigenvalue weighted by molar-refractivity contribution is -0.111. The van der Waals surface area contributed by atoms with Crippen LogP contribution in [0.3, 0.4) is 0 Å². The summed E-state index contributed by atoms with van der Waals surface area (Å²) in [7, 11) is 14.4. The minimum absolute atomic E-state index is 0.101. The van der Waals surface area contributed by atoms with Crippen molar-refractivity contribution < 1.29 is 47.7 Å². The first kappa shape index (κ1) is 81.0. The summed E-state index contributed by atoms with van der Waals surface area (Å²) >= 11 is 12.4. The fourth-order valence-corrected chi connectivity index (χ4v) is 13.5. The molecule has 0 saturated carbocycles. The van der Waals surface area contributed by atoms with Gasteiger partial charge in [0.05, 0.1) is 94.7 Å². The van der Waals surface area contributed by atoms with Crippen LogP contribution in [0.1, 0.15) is 78.4 Å². The number of anilines is 8. The summed E-state index contributed by atoms with van der Waals surface area (Å²) in [6.07, 6.45) is 24.3. The highest BCUT2D eigenvalue weighted by Crippen LogP contribution is 2.42. The van der Waals surface area contributed by atoms with Gasteiger partial charge in [-0.1, -0.05) is 47.5 Å². The number of hydrogen-bond donors (Lipinski definition) is 8. The molecule has 18 rings (SSSR count). The van der Waals surface area contributed by atoms with Gasteiger partial charge in [-0.2, -0.15) is 0 Å². The van der Waals surface area contributed by atoms with Crippen molar-refractivity contribution in [3.63, 3.8) is 0 Å². The first-order valence-electron chi connectivity index (χ1n) is 36.6. The van der Waals surface area contributed by atoms with E-state index < -0.39 is 0 Å². The molecular formula is C90H78Cl2N16O10. The topological polar surface area (TPSA) is 327 Å². The van der Waals surface area contributed by atoms with E-state index in [2.05, 4.69) is 71.8 Å². The number of amides is 6. The van der Waals surface area contributed by atoms with Gasteiger partial charge in [-0.15, -0.1) is 0 Å². The third kappa shape index (κ3) is 18.3. The fourth-order valence-electron chi connectivity index (χ4n) is 13.0. The predicted molar refractivity (Wildman–Crippen MR) is 466 cm³/mol. The number of fused-ring (bicyclic) bond motifs is 6. The molecule has 0 unspecified atom stereocenters. The lowest BCUT2D eigenvalue weighted by atomic mass is 10.0.